The van der Waals surface area contributed by atoms with Gasteiger partial charge in [0.25, 0.3) is 5.91 Å². The van der Waals surface area contributed by atoms with E-state index in [-0.39, 0.29) is 35.5 Å². The molecule has 0 bridgehead atoms. The number of ketones is 1. The molecule has 2 fully saturated rings. The van der Waals surface area contributed by atoms with Crippen LogP contribution in [0.3, 0.4) is 0 Å². The summed E-state index contributed by atoms with van der Waals surface area (Å²) >= 11 is 0. The number of amides is 2. The minimum Gasteiger partial charge on any atom is -0.494 e. The highest BCUT2D eigenvalue weighted by atomic mass is 35.5. The first-order chi connectivity index (χ1) is 26.3. The van der Waals surface area contributed by atoms with Crippen LogP contribution in [0.25, 0.3) is 17.1 Å². The molecule has 2 aromatic heterocycles. The summed E-state index contributed by atoms with van der Waals surface area (Å²) in [6.07, 6.45) is 7.47. The number of likely N-dealkylation sites (N-methyl/N-ethyl adjacent to an activating group) is 1. The first kappa shape index (κ1) is 40.6. The Balaban J connectivity index is 0.00000532. The number of anilines is 4. The Morgan fingerprint density at radius 3 is 2.45 bits per heavy atom. The van der Waals surface area contributed by atoms with Crippen molar-refractivity contribution in [2.24, 2.45) is 11.3 Å². The zero-order valence-corrected chi connectivity index (χ0v) is 33.5. The summed E-state index contributed by atoms with van der Waals surface area (Å²) in [7, 11) is 3.17. The highest BCUT2D eigenvalue weighted by molar-refractivity contribution is 6.15. The Kier molecular flexibility index (Phi) is 12.0. The molecule has 2 aromatic carbocycles. The molecule has 1 saturated heterocycles. The van der Waals surface area contributed by atoms with Gasteiger partial charge in [-0.2, -0.15) is 0 Å². The van der Waals surface area contributed by atoms with Crippen LogP contribution in [0.4, 0.5) is 27.3 Å². The second kappa shape index (κ2) is 16.6. The van der Waals surface area contributed by atoms with E-state index < -0.39 is 29.3 Å². The van der Waals surface area contributed by atoms with Gasteiger partial charge in [0.05, 0.1) is 47.6 Å². The molecule has 56 heavy (non-hydrogen) atoms. The number of Topliss-reactive ketones (excluding diaryl/α,β-unsaturated/α-hetero) is 1. The number of aromatic nitrogens is 3. The third kappa shape index (κ3) is 8.52. The third-order valence-electron chi connectivity index (χ3n) is 10.8. The van der Waals surface area contributed by atoms with Crippen LogP contribution in [-0.2, 0) is 14.4 Å². The minimum atomic E-state index is -0.944. The van der Waals surface area contributed by atoms with E-state index in [1.54, 1.807) is 55.2 Å². The van der Waals surface area contributed by atoms with Crippen LogP contribution >= 0.6 is 12.4 Å². The van der Waals surface area contributed by atoms with Crippen molar-refractivity contribution >= 4 is 70.0 Å². The van der Waals surface area contributed by atoms with Gasteiger partial charge in [-0.05, 0) is 74.5 Å². The van der Waals surface area contributed by atoms with Crippen LogP contribution in [0, 0.1) is 17.2 Å². The molecule has 4 heterocycles. The van der Waals surface area contributed by atoms with Crippen molar-refractivity contribution in [3.63, 3.8) is 0 Å². The number of nitrogens with one attached hydrogen (secondary N) is 4. The van der Waals surface area contributed by atoms with Gasteiger partial charge in [-0.3, -0.25) is 19.3 Å². The van der Waals surface area contributed by atoms with Crippen molar-refractivity contribution < 1.29 is 23.5 Å². The summed E-state index contributed by atoms with van der Waals surface area (Å²) in [4.78, 5) is 55.1. The Hall–Kier alpha value is -5.05. The lowest BCUT2D eigenvalue weighted by atomic mass is 9.77. The summed E-state index contributed by atoms with van der Waals surface area (Å²) in [5, 5.41) is 12.6. The van der Waals surface area contributed by atoms with Gasteiger partial charge in [0.1, 0.15) is 23.7 Å². The number of carbonyl (C=O) groups is 3. The van der Waals surface area contributed by atoms with Gasteiger partial charge in [-0.15, -0.1) is 12.4 Å². The smallest absolute Gasteiger partial charge is 0.254 e. The number of halogens is 2. The number of carbonyl (C=O) groups excluding carboxylic acids is 3. The Morgan fingerprint density at radius 1 is 1.04 bits per heavy atom. The molecule has 298 valence electrons. The van der Waals surface area contributed by atoms with E-state index >= 15 is 4.39 Å². The molecule has 3 aliphatic rings. The van der Waals surface area contributed by atoms with Gasteiger partial charge in [-0.25, -0.2) is 14.4 Å². The van der Waals surface area contributed by atoms with E-state index in [9.17, 15) is 14.4 Å². The number of methoxy groups -OCH3 is 1. The summed E-state index contributed by atoms with van der Waals surface area (Å²) in [5.41, 5.74) is 2.15. The summed E-state index contributed by atoms with van der Waals surface area (Å²) in [6.45, 7) is 11.9. The zero-order chi connectivity index (χ0) is 39.0. The number of fused-ring (bicyclic) bond motifs is 2. The number of rotatable bonds is 13. The lowest BCUT2D eigenvalue weighted by Crippen LogP contribution is -2.54. The van der Waals surface area contributed by atoms with Gasteiger partial charge in [0.15, 0.2) is 5.78 Å². The van der Waals surface area contributed by atoms with Crippen LogP contribution in [0.2, 0.25) is 0 Å². The fourth-order valence-corrected chi connectivity index (χ4v) is 7.38. The van der Waals surface area contributed by atoms with Gasteiger partial charge < -0.3 is 35.5 Å². The Bertz CT molecular complexity index is 2140. The number of piperazine rings is 1. The van der Waals surface area contributed by atoms with Crippen LogP contribution in [0.15, 0.2) is 60.6 Å². The van der Waals surface area contributed by atoms with Crippen molar-refractivity contribution in [2.45, 2.75) is 58.5 Å². The van der Waals surface area contributed by atoms with Gasteiger partial charge in [0, 0.05) is 68.0 Å². The molecule has 15 heteroatoms. The van der Waals surface area contributed by atoms with Crippen LogP contribution in [0.1, 0.15) is 52.1 Å². The molecule has 0 radical (unpaired) electrons. The van der Waals surface area contributed by atoms with E-state index in [1.165, 1.54) is 32.3 Å². The SMILES string of the molecule is CN[C@@H](C)C(=O)N[C@H](C(=O)C1C(C(=O)Nc2cc3c(Nc4ccc(N5CCN(CC6CC6)CC5)c(F)c4)ncnc3cc2OC)=Cn2cccc21)C(C)(C)C.Cl. The molecule has 4 aromatic rings. The molecule has 1 saturated carbocycles. The van der Waals surface area contributed by atoms with E-state index in [4.69, 9.17) is 4.74 Å². The maximum Gasteiger partial charge on any atom is 0.254 e. The second-order valence-corrected chi connectivity index (χ2v) is 15.8. The number of hydrogen-bond acceptors (Lipinski definition) is 10. The summed E-state index contributed by atoms with van der Waals surface area (Å²) < 4.78 is 23.0. The highest BCUT2D eigenvalue weighted by Crippen LogP contribution is 2.39. The van der Waals surface area contributed by atoms with E-state index in [0.717, 1.165) is 38.6 Å². The number of nitrogens with zero attached hydrogens (tertiary/aromatic N) is 5. The molecular formula is C41H51ClFN9O4. The van der Waals surface area contributed by atoms with E-state index in [2.05, 4.69) is 41.0 Å². The summed E-state index contributed by atoms with van der Waals surface area (Å²) in [6, 6.07) is 10.7. The molecule has 7 rings (SSSR count). The molecule has 1 unspecified atom stereocenters. The topological polar surface area (TPSA) is 146 Å². The molecule has 4 N–H and O–H groups in total. The van der Waals surface area contributed by atoms with Crippen molar-refractivity contribution in [3.05, 3.63) is 72.1 Å². The van der Waals surface area contributed by atoms with E-state index in [1.807, 2.05) is 32.9 Å². The average molecular weight is 788 g/mol. The standard InChI is InChI=1S/C41H50FN9O4.ClH/c1-24(43-5)39(53)48-37(41(2,3)4)36(52)35-28(22-51-13-7-8-33(35)51)40(54)47-31-19-27-30(20-34(31)55-6)44-23-45-38(27)46-26-11-12-32(29(42)18-26)50-16-14-49(15-17-50)21-25-9-10-25;/h7-8,11-13,18-20,22-25,35,37,43H,9-10,14-17,21H2,1-6H3,(H,47,54)(H,48,53)(H,44,45,46);1H/t24-,35?,37+;/m0./s1. The van der Waals surface area contributed by atoms with Crippen LogP contribution in [-0.4, -0.2) is 96.0 Å². The quantitative estimate of drug-likeness (QED) is 0.136. The van der Waals surface area contributed by atoms with Crippen LogP contribution in [0.5, 0.6) is 5.75 Å². The number of benzene rings is 2. The molecule has 13 nitrogen and oxygen atoms in total. The lowest BCUT2D eigenvalue weighted by Gasteiger charge is -2.36. The zero-order valence-electron chi connectivity index (χ0n) is 32.7. The summed E-state index contributed by atoms with van der Waals surface area (Å²) in [5.74, 6) is -0.807. The lowest BCUT2D eigenvalue weighted by molar-refractivity contribution is -0.131. The third-order valence-corrected chi connectivity index (χ3v) is 10.8. The maximum atomic E-state index is 15.6. The molecular weight excluding hydrogens is 737 g/mol. The molecule has 0 spiro atoms. The molecule has 2 amide bonds. The van der Waals surface area contributed by atoms with Gasteiger partial charge in [-0.1, -0.05) is 20.8 Å². The second-order valence-electron chi connectivity index (χ2n) is 15.8. The number of hydrogen-bond donors (Lipinski definition) is 4. The fraction of sp³-hybridized carbons (Fsp3) is 0.439. The van der Waals surface area contributed by atoms with E-state index in [0.29, 0.717) is 45.2 Å². The van der Waals surface area contributed by atoms with Gasteiger partial charge >= 0.3 is 0 Å². The first-order valence-corrected chi connectivity index (χ1v) is 18.9. The normalized spacial score (nSPS) is 18.0. The number of ether oxygens (including phenoxy) is 1. The fourth-order valence-electron chi connectivity index (χ4n) is 7.38. The first-order valence-electron chi connectivity index (χ1n) is 18.9. The monoisotopic (exact) mass is 787 g/mol. The molecule has 3 atom stereocenters. The molecule has 2 aliphatic heterocycles. The predicted octanol–water partition coefficient (Wildman–Crippen LogP) is 5.56. The van der Waals surface area contributed by atoms with Crippen molar-refractivity contribution in [2.75, 3.05) is 62.4 Å². The minimum absolute atomic E-state index is 0. The maximum absolute atomic E-state index is 15.6. The average Bonchev–Trinajstić information content (AvgIpc) is 3.73. The van der Waals surface area contributed by atoms with Crippen LogP contribution < -0.4 is 30.9 Å². The largest absolute Gasteiger partial charge is 0.494 e. The Labute approximate surface area is 332 Å². The van der Waals surface area contributed by atoms with Crippen molar-refractivity contribution in [3.8, 4) is 5.75 Å². The molecule has 1 aliphatic carbocycles. The van der Waals surface area contributed by atoms with Crippen molar-refractivity contribution in [1.82, 2.24) is 30.1 Å². The van der Waals surface area contributed by atoms with Crippen molar-refractivity contribution in [1.29, 1.82) is 0 Å². The Morgan fingerprint density at radius 2 is 1.79 bits per heavy atom. The van der Waals surface area contributed by atoms with Gasteiger partial charge in [0.2, 0.25) is 5.91 Å². The highest BCUT2D eigenvalue weighted by Gasteiger charge is 2.43. The predicted molar refractivity (Wildman–Crippen MR) is 219 cm³/mol.